The molecule has 1 aliphatic carbocycles. The molecule has 2 atom stereocenters. The molecule has 0 fully saturated rings. The predicted molar refractivity (Wildman–Crippen MR) is 85.2 cm³/mol. The predicted octanol–water partition coefficient (Wildman–Crippen LogP) is 4.47. The van der Waals surface area contributed by atoms with Crippen molar-refractivity contribution in [3.8, 4) is 0 Å². The van der Waals surface area contributed by atoms with Crippen LogP contribution in [-0.4, -0.2) is 6.04 Å². The normalized spacial score (nSPS) is 19.1. The molecule has 21 heavy (non-hydrogen) atoms. The van der Waals surface area contributed by atoms with Crippen LogP contribution in [0.5, 0.6) is 0 Å². The van der Waals surface area contributed by atoms with E-state index in [4.69, 9.17) is 17.3 Å². The van der Waals surface area contributed by atoms with Crippen LogP contribution in [0.2, 0.25) is 5.02 Å². The third kappa shape index (κ3) is 3.12. The van der Waals surface area contributed by atoms with Gasteiger partial charge in [0.15, 0.2) is 0 Å². The Bertz CT molecular complexity index is 641. The maximum Gasteiger partial charge on any atom is 0.141 e. The van der Waals surface area contributed by atoms with E-state index in [0.29, 0.717) is 5.92 Å². The van der Waals surface area contributed by atoms with Gasteiger partial charge in [0.25, 0.3) is 0 Å². The highest BCUT2D eigenvalue weighted by Crippen LogP contribution is 2.34. The molecule has 1 nitrogen and oxygen atoms in total. The van der Waals surface area contributed by atoms with Gasteiger partial charge in [-0.05, 0) is 60.4 Å². The van der Waals surface area contributed by atoms with E-state index in [0.717, 1.165) is 24.8 Å². The third-order valence-corrected chi connectivity index (χ3v) is 4.68. The lowest BCUT2D eigenvalue weighted by Crippen LogP contribution is -2.33. The van der Waals surface area contributed by atoms with E-state index >= 15 is 0 Å². The fourth-order valence-electron chi connectivity index (χ4n) is 3.32. The second-order valence-electron chi connectivity index (χ2n) is 5.81. The zero-order valence-corrected chi connectivity index (χ0v) is 12.6. The molecular formula is C18H19ClFN. The Hall–Kier alpha value is -1.38. The van der Waals surface area contributed by atoms with Gasteiger partial charge in [-0.15, -0.1) is 0 Å². The van der Waals surface area contributed by atoms with Crippen LogP contribution < -0.4 is 5.73 Å². The summed E-state index contributed by atoms with van der Waals surface area (Å²) < 4.78 is 13.2. The molecule has 0 aliphatic heterocycles. The Morgan fingerprint density at radius 3 is 2.86 bits per heavy atom. The summed E-state index contributed by atoms with van der Waals surface area (Å²) in [6.07, 6.45) is 4.16. The van der Waals surface area contributed by atoms with Crippen LogP contribution in [0.1, 0.15) is 35.4 Å². The second kappa shape index (κ2) is 6.17. The Labute approximate surface area is 129 Å². The summed E-state index contributed by atoms with van der Waals surface area (Å²) in [4.78, 5) is 0. The van der Waals surface area contributed by atoms with E-state index in [1.54, 1.807) is 12.1 Å². The van der Waals surface area contributed by atoms with E-state index in [2.05, 4.69) is 24.3 Å². The van der Waals surface area contributed by atoms with E-state index < -0.39 is 0 Å². The number of hydrogen-bond donors (Lipinski definition) is 1. The van der Waals surface area contributed by atoms with Gasteiger partial charge in [0.1, 0.15) is 5.82 Å². The third-order valence-electron chi connectivity index (χ3n) is 4.39. The molecule has 0 bridgehead atoms. The lowest BCUT2D eigenvalue weighted by Gasteiger charge is -2.30. The Kier molecular flexibility index (Phi) is 4.27. The van der Waals surface area contributed by atoms with Gasteiger partial charge >= 0.3 is 0 Å². The SMILES string of the molecule is NC(Cc1ccc(F)c(Cl)c1)C1CCCc2ccccc21. The van der Waals surface area contributed by atoms with Crippen molar-refractivity contribution >= 4 is 11.6 Å². The molecule has 110 valence electrons. The topological polar surface area (TPSA) is 26.0 Å². The molecule has 0 amide bonds. The van der Waals surface area contributed by atoms with Crippen molar-refractivity contribution in [2.75, 3.05) is 0 Å². The fraction of sp³-hybridized carbons (Fsp3) is 0.333. The molecule has 2 unspecified atom stereocenters. The van der Waals surface area contributed by atoms with Crippen molar-refractivity contribution in [2.24, 2.45) is 5.73 Å². The van der Waals surface area contributed by atoms with Crippen molar-refractivity contribution in [3.05, 3.63) is 70.0 Å². The standard InChI is InChI=1S/C18H19ClFN/c19-16-10-12(8-9-17(16)20)11-18(21)15-7-3-5-13-4-1-2-6-14(13)15/h1-2,4,6,8-10,15,18H,3,5,7,11,21H2. The molecule has 0 heterocycles. The molecule has 2 N–H and O–H groups in total. The number of halogens is 2. The smallest absolute Gasteiger partial charge is 0.141 e. The average molecular weight is 304 g/mol. The summed E-state index contributed by atoms with van der Waals surface area (Å²) in [7, 11) is 0. The molecule has 2 aromatic carbocycles. The Balaban J connectivity index is 1.80. The van der Waals surface area contributed by atoms with E-state index in [1.807, 2.05) is 0 Å². The zero-order valence-electron chi connectivity index (χ0n) is 11.9. The minimum absolute atomic E-state index is 0.0352. The van der Waals surface area contributed by atoms with Gasteiger partial charge in [0, 0.05) is 6.04 Å². The highest BCUT2D eigenvalue weighted by atomic mass is 35.5. The van der Waals surface area contributed by atoms with Crippen LogP contribution >= 0.6 is 11.6 Å². The van der Waals surface area contributed by atoms with Crippen LogP contribution in [0.4, 0.5) is 4.39 Å². The monoisotopic (exact) mass is 303 g/mol. The van der Waals surface area contributed by atoms with Crippen molar-refractivity contribution in [1.29, 1.82) is 0 Å². The fourth-order valence-corrected chi connectivity index (χ4v) is 3.52. The van der Waals surface area contributed by atoms with Crippen LogP contribution in [0, 0.1) is 5.82 Å². The molecule has 3 rings (SSSR count). The number of rotatable bonds is 3. The molecule has 0 saturated carbocycles. The van der Waals surface area contributed by atoms with Crippen molar-refractivity contribution in [1.82, 2.24) is 0 Å². The van der Waals surface area contributed by atoms with Crippen molar-refractivity contribution in [2.45, 2.75) is 37.6 Å². The first kappa shape index (κ1) is 14.6. The minimum atomic E-state index is -0.378. The van der Waals surface area contributed by atoms with Gasteiger partial charge in [0.2, 0.25) is 0 Å². The highest BCUT2D eigenvalue weighted by molar-refractivity contribution is 6.30. The number of fused-ring (bicyclic) bond motifs is 1. The summed E-state index contributed by atoms with van der Waals surface area (Å²) in [6.45, 7) is 0. The van der Waals surface area contributed by atoms with Gasteiger partial charge in [-0.25, -0.2) is 4.39 Å². The Morgan fingerprint density at radius 2 is 2.05 bits per heavy atom. The number of hydrogen-bond acceptors (Lipinski definition) is 1. The number of benzene rings is 2. The number of nitrogens with two attached hydrogens (primary N) is 1. The Morgan fingerprint density at radius 1 is 1.24 bits per heavy atom. The molecule has 2 aromatic rings. The first-order chi connectivity index (χ1) is 10.1. The number of aryl methyl sites for hydroxylation is 1. The summed E-state index contributed by atoms with van der Waals surface area (Å²) in [6, 6.07) is 13.5. The summed E-state index contributed by atoms with van der Waals surface area (Å²) in [5.41, 5.74) is 10.2. The quantitative estimate of drug-likeness (QED) is 0.889. The van der Waals surface area contributed by atoms with E-state index in [-0.39, 0.29) is 16.9 Å². The van der Waals surface area contributed by atoms with Gasteiger partial charge < -0.3 is 5.73 Å². The molecule has 3 heteroatoms. The van der Waals surface area contributed by atoms with E-state index in [1.165, 1.54) is 23.6 Å². The largest absolute Gasteiger partial charge is 0.327 e. The summed E-state index contributed by atoms with van der Waals surface area (Å²) in [5, 5.41) is 0.170. The minimum Gasteiger partial charge on any atom is -0.327 e. The van der Waals surface area contributed by atoms with Gasteiger partial charge in [-0.2, -0.15) is 0 Å². The first-order valence-electron chi connectivity index (χ1n) is 7.42. The molecule has 0 spiro atoms. The van der Waals surface area contributed by atoms with Gasteiger partial charge in [0.05, 0.1) is 5.02 Å². The maximum absolute atomic E-state index is 13.2. The molecule has 0 saturated heterocycles. The van der Waals surface area contributed by atoms with Crippen LogP contribution in [-0.2, 0) is 12.8 Å². The molecular weight excluding hydrogens is 285 g/mol. The van der Waals surface area contributed by atoms with Crippen LogP contribution in [0.3, 0.4) is 0 Å². The maximum atomic E-state index is 13.2. The highest BCUT2D eigenvalue weighted by Gasteiger charge is 2.25. The molecule has 0 radical (unpaired) electrons. The zero-order chi connectivity index (χ0) is 14.8. The summed E-state index contributed by atoms with van der Waals surface area (Å²) >= 11 is 5.85. The van der Waals surface area contributed by atoms with Crippen LogP contribution in [0.15, 0.2) is 42.5 Å². The van der Waals surface area contributed by atoms with Crippen molar-refractivity contribution in [3.63, 3.8) is 0 Å². The lowest BCUT2D eigenvalue weighted by molar-refractivity contribution is 0.460. The first-order valence-corrected chi connectivity index (χ1v) is 7.80. The van der Waals surface area contributed by atoms with E-state index in [9.17, 15) is 4.39 Å². The summed E-state index contributed by atoms with van der Waals surface area (Å²) in [5.74, 6) is -0.00391. The lowest BCUT2D eigenvalue weighted by atomic mass is 9.77. The molecule has 1 aliphatic rings. The average Bonchev–Trinajstić information content (AvgIpc) is 2.50. The molecule has 0 aromatic heterocycles. The second-order valence-corrected chi connectivity index (χ2v) is 6.22. The van der Waals surface area contributed by atoms with Crippen molar-refractivity contribution < 1.29 is 4.39 Å². The van der Waals surface area contributed by atoms with Gasteiger partial charge in [-0.3, -0.25) is 0 Å². The van der Waals surface area contributed by atoms with Gasteiger partial charge in [-0.1, -0.05) is 41.9 Å². The van der Waals surface area contributed by atoms with Crippen LogP contribution in [0.25, 0.3) is 0 Å².